The smallest absolute Gasteiger partial charge is 0.271 e. The van der Waals surface area contributed by atoms with Crippen molar-refractivity contribution in [3.63, 3.8) is 0 Å². The second kappa shape index (κ2) is 5.90. The maximum absolute atomic E-state index is 11.2. The number of hydrogen-bond donors (Lipinski definition) is 1. The zero-order valence-electron chi connectivity index (χ0n) is 9.51. The van der Waals surface area contributed by atoms with E-state index in [4.69, 9.17) is 10.6 Å². The zero-order chi connectivity index (χ0) is 12.0. The molecule has 0 heterocycles. The molecule has 1 rings (SSSR count). The van der Waals surface area contributed by atoms with E-state index in [9.17, 15) is 4.79 Å². The molecule has 0 aliphatic rings. The molecule has 16 heavy (non-hydrogen) atoms. The standard InChI is InChI=1S/C12H16N2O2/c1-9(2)8-16-14-11(12(13)15)10-6-4-3-5-7-10/h3-7,9H,8H2,1-2H3,(H2,13,15)/b14-11+. The minimum Gasteiger partial charge on any atom is -0.395 e. The van der Waals surface area contributed by atoms with Crippen LogP contribution < -0.4 is 5.73 Å². The second-order valence-corrected chi connectivity index (χ2v) is 3.86. The number of hydrogen-bond acceptors (Lipinski definition) is 3. The van der Waals surface area contributed by atoms with Gasteiger partial charge in [0.25, 0.3) is 5.91 Å². The molecular formula is C12H16N2O2. The first-order chi connectivity index (χ1) is 7.61. The summed E-state index contributed by atoms with van der Waals surface area (Å²) in [4.78, 5) is 16.2. The summed E-state index contributed by atoms with van der Waals surface area (Å²) >= 11 is 0. The molecule has 1 amide bonds. The van der Waals surface area contributed by atoms with Crippen molar-refractivity contribution in [1.82, 2.24) is 0 Å². The van der Waals surface area contributed by atoms with Crippen LogP contribution in [-0.4, -0.2) is 18.2 Å². The maximum Gasteiger partial charge on any atom is 0.271 e. The Morgan fingerprint density at radius 1 is 1.38 bits per heavy atom. The molecule has 0 aromatic heterocycles. The average Bonchev–Trinajstić information content (AvgIpc) is 2.25. The fourth-order valence-electron chi connectivity index (χ4n) is 1.09. The molecule has 0 unspecified atom stereocenters. The van der Waals surface area contributed by atoms with Gasteiger partial charge in [0.05, 0.1) is 0 Å². The van der Waals surface area contributed by atoms with Gasteiger partial charge in [0.2, 0.25) is 0 Å². The molecule has 2 N–H and O–H groups in total. The van der Waals surface area contributed by atoms with E-state index in [0.717, 1.165) is 0 Å². The maximum atomic E-state index is 11.2. The molecule has 4 nitrogen and oxygen atoms in total. The van der Waals surface area contributed by atoms with Gasteiger partial charge in [-0.3, -0.25) is 4.79 Å². The molecule has 1 aromatic carbocycles. The monoisotopic (exact) mass is 220 g/mol. The van der Waals surface area contributed by atoms with E-state index in [0.29, 0.717) is 18.1 Å². The zero-order valence-corrected chi connectivity index (χ0v) is 9.51. The Balaban J connectivity index is 2.80. The van der Waals surface area contributed by atoms with Crippen LogP contribution in [0.25, 0.3) is 0 Å². The molecule has 0 spiro atoms. The molecule has 0 fully saturated rings. The van der Waals surface area contributed by atoms with Crippen LogP contribution in [0.2, 0.25) is 0 Å². The molecule has 0 aliphatic heterocycles. The van der Waals surface area contributed by atoms with Crippen molar-refractivity contribution < 1.29 is 9.63 Å². The normalized spacial score (nSPS) is 11.6. The topological polar surface area (TPSA) is 64.7 Å². The largest absolute Gasteiger partial charge is 0.395 e. The molecule has 4 heteroatoms. The van der Waals surface area contributed by atoms with E-state index in [2.05, 4.69) is 5.16 Å². The van der Waals surface area contributed by atoms with Crippen LogP contribution in [0, 0.1) is 5.92 Å². The first-order valence-electron chi connectivity index (χ1n) is 5.16. The number of primary amides is 1. The lowest BCUT2D eigenvalue weighted by atomic mass is 10.1. The molecule has 0 radical (unpaired) electrons. The summed E-state index contributed by atoms with van der Waals surface area (Å²) in [6.45, 7) is 4.47. The SMILES string of the molecule is CC(C)CO/N=C(/C(N)=O)c1ccccc1. The van der Waals surface area contributed by atoms with Gasteiger partial charge < -0.3 is 10.6 Å². The van der Waals surface area contributed by atoms with Crippen molar-refractivity contribution in [2.75, 3.05) is 6.61 Å². The van der Waals surface area contributed by atoms with Crippen LogP contribution in [0.15, 0.2) is 35.5 Å². The third-order valence-electron chi connectivity index (χ3n) is 1.84. The molecule has 0 atom stereocenters. The predicted octanol–water partition coefficient (Wildman–Crippen LogP) is 1.55. The highest BCUT2D eigenvalue weighted by molar-refractivity contribution is 6.44. The van der Waals surface area contributed by atoms with Gasteiger partial charge in [0.1, 0.15) is 6.61 Å². The summed E-state index contributed by atoms with van der Waals surface area (Å²) < 4.78 is 0. The minimum absolute atomic E-state index is 0.154. The quantitative estimate of drug-likeness (QED) is 0.604. The Morgan fingerprint density at radius 3 is 2.50 bits per heavy atom. The van der Waals surface area contributed by atoms with E-state index in [-0.39, 0.29) is 5.71 Å². The van der Waals surface area contributed by atoms with Crippen molar-refractivity contribution in [1.29, 1.82) is 0 Å². The van der Waals surface area contributed by atoms with Gasteiger partial charge in [-0.25, -0.2) is 0 Å². The van der Waals surface area contributed by atoms with Crippen LogP contribution in [0.4, 0.5) is 0 Å². The Bertz CT molecular complexity index is 372. The van der Waals surface area contributed by atoms with E-state index in [1.165, 1.54) is 0 Å². The highest BCUT2D eigenvalue weighted by Gasteiger charge is 2.10. The fraction of sp³-hybridized carbons (Fsp3) is 0.333. The highest BCUT2D eigenvalue weighted by atomic mass is 16.6. The summed E-state index contributed by atoms with van der Waals surface area (Å²) in [6.07, 6.45) is 0. The van der Waals surface area contributed by atoms with Crippen molar-refractivity contribution in [3.8, 4) is 0 Å². The lowest BCUT2D eigenvalue weighted by Crippen LogP contribution is -2.24. The second-order valence-electron chi connectivity index (χ2n) is 3.86. The van der Waals surface area contributed by atoms with Gasteiger partial charge >= 0.3 is 0 Å². The van der Waals surface area contributed by atoms with Crippen LogP contribution in [0.3, 0.4) is 0 Å². The van der Waals surface area contributed by atoms with Crippen molar-refractivity contribution in [2.24, 2.45) is 16.8 Å². The molecule has 0 saturated carbocycles. The number of nitrogens with zero attached hydrogens (tertiary/aromatic N) is 1. The lowest BCUT2D eigenvalue weighted by Gasteiger charge is -2.05. The highest BCUT2D eigenvalue weighted by Crippen LogP contribution is 2.02. The van der Waals surface area contributed by atoms with E-state index >= 15 is 0 Å². The molecule has 0 saturated heterocycles. The number of carbonyl (C=O) groups is 1. The minimum atomic E-state index is -0.588. The number of benzene rings is 1. The van der Waals surface area contributed by atoms with E-state index < -0.39 is 5.91 Å². The van der Waals surface area contributed by atoms with E-state index in [1.54, 1.807) is 12.1 Å². The molecule has 0 aliphatic carbocycles. The lowest BCUT2D eigenvalue weighted by molar-refractivity contribution is -0.112. The van der Waals surface area contributed by atoms with Crippen LogP contribution in [0.1, 0.15) is 19.4 Å². The molecular weight excluding hydrogens is 204 g/mol. The molecule has 1 aromatic rings. The van der Waals surface area contributed by atoms with Crippen molar-refractivity contribution in [3.05, 3.63) is 35.9 Å². The van der Waals surface area contributed by atoms with Crippen molar-refractivity contribution in [2.45, 2.75) is 13.8 Å². The number of rotatable bonds is 5. The third-order valence-corrected chi connectivity index (χ3v) is 1.84. The summed E-state index contributed by atoms with van der Waals surface area (Å²) in [7, 11) is 0. The van der Waals surface area contributed by atoms with Gasteiger partial charge in [-0.15, -0.1) is 0 Å². The Morgan fingerprint density at radius 2 is 2.00 bits per heavy atom. The van der Waals surface area contributed by atoms with Crippen LogP contribution >= 0.6 is 0 Å². The van der Waals surface area contributed by atoms with Crippen molar-refractivity contribution >= 4 is 11.6 Å². The number of amides is 1. The van der Waals surface area contributed by atoms with Gasteiger partial charge in [-0.05, 0) is 5.92 Å². The Labute approximate surface area is 95.1 Å². The first-order valence-corrected chi connectivity index (χ1v) is 5.16. The molecule has 86 valence electrons. The third kappa shape index (κ3) is 3.73. The average molecular weight is 220 g/mol. The Hall–Kier alpha value is -1.84. The predicted molar refractivity (Wildman–Crippen MR) is 63.0 cm³/mol. The van der Waals surface area contributed by atoms with Gasteiger partial charge in [-0.1, -0.05) is 49.3 Å². The molecule has 0 bridgehead atoms. The summed E-state index contributed by atoms with van der Waals surface area (Å²) in [5.41, 5.74) is 6.06. The fourth-order valence-corrected chi connectivity index (χ4v) is 1.09. The number of oxime groups is 1. The van der Waals surface area contributed by atoms with Crippen LogP contribution in [0.5, 0.6) is 0 Å². The van der Waals surface area contributed by atoms with Crippen LogP contribution in [-0.2, 0) is 9.63 Å². The van der Waals surface area contributed by atoms with Gasteiger partial charge in [0.15, 0.2) is 5.71 Å². The summed E-state index contributed by atoms with van der Waals surface area (Å²) in [6, 6.07) is 9.02. The summed E-state index contributed by atoms with van der Waals surface area (Å²) in [5, 5.41) is 3.78. The summed E-state index contributed by atoms with van der Waals surface area (Å²) in [5.74, 6) is -0.233. The van der Waals surface area contributed by atoms with E-state index in [1.807, 2.05) is 32.0 Å². The first kappa shape index (κ1) is 12.2. The number of nitrogens with two attached hydrogens (primary N) is 1. The van der Waals surface area contributed by atoms with Gasteiger partial charge in [-0.2, -0.15) is 0 Å². The Kier molecular flexibility index (Phi) is 4.51. The van der Waals surface area contributed by atoms with Gasteiger partial charge in [0, 0.05) is 5.56 Å². The number of carbonyl (C=O) groups excluding carboxylic acids is 1.